The summed E-state index contributed by atoms with van der Waals surface area (Å²) >= 11 is 0. The Balaban J connectivity index is 3.00. The average molecular weight is 412 g/mol. The molecule has 1 N–H and O–H groups in total. The fraction of sp³-hybridized carbons (Fsp3) is 0.625. The van der Waals surface area contributed by atoms with Crippen LogP contribution in [-0.4, -0.2) is 35.7 Å². The van der Waals surface area contributed by atoms with E-state index in [-0.39, 0.29) is 12.4 Å². The first-order valence-electron chi connectivity index (χ1n) is 7.78. The molecule has 1 aromatic carbocycles. The molecule has 1 rings (SSSR count). The van der Waals surface area contributed by atoms with Gasteiger partial charge in [0.25, 0.3) is 0 Å². The third kappa shape index (κ3) is 4.99. The van der Waals surface area contributed by atoms with E-state index in [4.69, 9.17) is 4.74 Å². The second-order valence-corrected chi connectivity index (χ2v) is 5.85. The van der Waals surface area contributed by atoms with Crippen molar-refractivity contribution in [3.63, 3.8) is 0 Å². The summed E-state index contributed by atoms with van der Waals surface area (Å²) in [7, 11) is 0. The maximum absolute atomic E-state index is 13.6. The summed E-state index contributed by atoms with van der Waals surface area (Å²) < 4.78 is 121. The fourth-order valence-corrected chi connectivity index (χ4v) is 2.04. The molecule has 0 saturated carbocycles. The van der Waals surface area contributed by atoms with Gasteiger partial charge in [-0.1, -0.05) is 25.5 Å². The van der Waals surface area contributed by atoms with Crippen molar-refractivity contribution in [3.05, 3.63) is 29.8 Å². The standard InChI is InChI=1S/C16H17F9O2/c1-2-3-7-27-11-6-4-5-10(8-11)12(26)9-13(17,18)14(19,20)15(21,22)16(23,24)25/h4-6,8,12,26H,2-3,7,9H2,1H3. The fourth-order valence-electron chi connectivity index (χ4n) is 2.04. The normalized spacial score (nSPS) is 14.9. The Morgan fingerprint density at radius 3 is 2.07 bits per heavy atom. The molecule has 156 valence electrons. The van der Waals surface area contributed by atoms with Crippen molar-refractivity contribution in [1.29, 1.82) is 0 Å². The maximum atomic E-state index is 13.6. The van der Waals surface area contributed by atoms with Crippen LogP contribution in [0.4, 0.5) is 39.5 Å². The van der Waals surface area contributed by atoms with E-state index in [1.807, 2.05) is 6.92 Å². The molecule has 0 saturated heterocycles. The Hall–Kier alpha value is -1.65. The number of hydrogen-bond donors (Lipinski definition) is 1. The SMILES string of the molecule is CCCCOc1cccc(C(O)CC(F)(F)C(F)(F)C(F)(F)C(F)(F)F)c1. The molecule has 0 spiro atoms. The number of alkyl halides is 9. The van der Waals surface area contributed by atoms with E-state index in [0.29, 0.717) is 6.42 Å². The third-order valence-corrected chi connectivity index (χ3v) is 3.67. The van der Waals surface area contributed by atoms with Gasteiger partial charge in [-0.25, -0.2) is 0 Å². The molecule has 2 nitrogen and oxygen atoms in total. The van der Waals surface area contributed by atoms with Crippen LogP contribution >= 0.6 is 0 Å². The van der Waals surface area contributed by atoms with Crippen LogP contribution in [-0.2, 0) is 0 Å². The molecule has 0 fully saturated rings. The molecule has 11 heteroatoms. The van der Waals surface area contributed by atoms with Crippen LogP contribution < -0.4 is 4.74 Å². The van der Waals surface area contributed by atoms with Gasteiger partial charge in [0.1, 0.15) is 5.75 Å². The molecule has 1 aromatic rings. The molecule has 27 heavy (non-hydrogen) atoms. The summed E-state index contributed by atoms with van der Waals surface area (Å²) in [6, 6.07) is 4.63. The van der Waals surface area contributed by atoms with Gasteiger partial charge in [-0.2, -0.15) is 39.5 Å². The predicted octanol–water partition coefficient (Wildman–Crippen LogP) is 5.76. The number of rotatable bonds is 9. The van der Waals surface area contributed by atoms with Gasteiger partial charge in [-0.3, -0.25) is 0 Å². The lowest BCUT2D eigenvalue weighted by molar-refractivity contribution is -0.398. The topological polar surface area (TPSA) is 29.5 Å². The first-order valence-corrected chi connectivity index (χ1v) is 7.78. The molecular formula is C16H17F9O2. The Morgan fingerprint density at radius 2 is 1.56 bits per heavy atom. The highest BCUT2D eigenvalue weighted by Gasteiger charge is 2.81. The van der Waals surface area contributed by atoms with Gasteiger partial charge in [0.2, 0.25) is 0 Å². The van der Waals surface area contributed by atoms with Gasteiger partial charge < -0.3 is 9.84 Å². The highest BCUT2D eigenvalue weighted by molar-refractivity contribution is 5.30. The van der Waals surface area contributed by atoms with Crippen LogP contribution in [0, 0.1) is 0 Å². The van der Waals surface area contributed by atoms with Gasteiger partial charge in [0, 0.05) is 6.42 Å². The zero-order valence-corrected chi connectivity index (χ0v) is 14.0. The van der Waals surface area contributed by atoms with Gasteiger partial charge in [0.15, 0.2) is 0 Å². The van der Waals surface area contributed by atoms with Gasteiger partial charge in [-0.05, 0) is 24.1 Å². The van der Waals surface area contributed by atoms with E-state index in [0.717, 1.165) is 18.6 Å². The van der Waals surface area contributed by atoms with Crippen LogP contribution in [0.15, 0.2) is 24.3 Å². The Kier molecular flexibility index (Phi) is 7.06. The smallest absolute Gasteiger partial charge is 0.460 e. The molecule has 0 bridgehead atoms. The van der Waals surface area contributed by atoms with Crippen molar-refractivity contribution in [2.45, 2.75) is 56.2 Å². The van der Waals surface area contributed by atoms with Crippen molar-refractivity contribution >= 4 is 0 Å². The minimum atomic E-state index is -6.98. The number of aliphatic hydroxyl groups is 1. The van der Waals surface area contributed by atoms with E-state index < -0.39 is 42.0 Å². The second-order valence-electron chi connectivity index (χ2n) is 5.85. The summed E-state index contributed by atoms with van der Waals surface area (Å²) in [6.45, 7) is 2.10. The molecule has 0 aromatic heterocycles. The monoisotopic (exact) mass is 412 g/mol. The van der Waals surface area contributed by atoms with Gasteiger partial charge in [-0.15, -0.1) is 0 Å². The first kappa shape index (κ1) is 23.4. The Morgan fingerprint density at radius 1 is 0.963 bits per heavy atom. The number of hydrogen-bond acceptors (Lipinski definition) is 2. The Labute approximate surface area is 148 Å². The van der Waals surface area contributed by atoms with E-state index in [1.54, 1.807) is 0 Å². The van der Waals surface area contributed by atoms with Crippen molar-refractivity contribution in [1.82, 2.24) is 0 Å². The van der Waals surface area contributed by atoms with Crippen LogP contribution in [0.1, 0.15) is 37.9 Å². The molecule has 0 aliphatic heterocycles. The van der Waals surface area contributed by atoms with E-state index >= 15 is 0 Å². The number of ether oxygens (including phenoxy) is 1. The molecule has 0 radical (unpaired) electrons. The quantitative estimate of drug-likeness (QED) is 0.413. The van der Waals surface area contributed by atoms with Gasteiger partial charge in [0.05, 0.1) is 12.7 Å². The van der Waals surface area contributed by atoms with Crippen LogP contribution in [0.5, 0.6) is 5.75 Å². The zero-order valence-electron chi connectivity index (χ0n) is 14.0. The zero-order chi connectivity index (χ0) is 21.1. The van der Waals surface area contributed by atoms with Crippen molar-refractivity contribution in [2.75, 3.05) is 6.61 Å². The summed E-state index contributed by atoms with van der Waals surface area (Å²) in [4.78, 5) is 0. The molecule has 0 amide bonds. The highest BCUT2D eigenvalue weighted by atomic mass is 19.4. The molecule has 0 aliphatic rings. The summed E-state index contributed by atoms with van der Waals surface area (Å²) in [5.74, 6) is -19.5. The molecule has 0 heterocycles. The number of halogens is 9. The van der Waals surface area contributed by atoms with E-state index in [9.17, 15) is 44.6 Å². The summed E-state index contributed by atoms with van der Waals surface area (Å²) in [5.41, 5.74) is -0.394. The van der Waals surface area contributed by atoms with Crippen LogP contribution in [0.3, 0.4) is 0 Å². The van der Waals surface area contributed by atoms with Gasteiger partial charge >= 0.3 is 23.9 Å². The van der Waals surface area contributed by atoms with Crippen molar-refractivity contribution < 1.29 is 49.4 Å². The average Bonchev–Trinajstić information content (AvgIpc) is 2.53. The van der Waals surface area contributed by atoms with E-state index in [1.165, 1.54) is 12.1 Å². The highest BCUT2D eigenvalue weighted by Crippen LogP contribution is 2.55. The number of unbranched alkanes of at least 4 members (excludes halogenated alkanes) is 1. The summed E-state index contributed by atoms with van der Waals surface area (Å²) in [6.07, 6.45) is -10.2. The second kappa shape index (κ2) is 8.15. The first-order chi connectivity index (χ1) is 12.2. The molecule has 0 aliphatic carbocycles. The van der Waals surface area contributed by atoms with Crippen LogP contribution in [0.2, 0.25) is 0 Å². The Bertz CT molecular complexity index is 614. The third-order valence-electron chi connectivity index (χ3n) is 3.67. The minimum absolute atomic E-state index is 0.0932. The predicted molar refractivity (Wildman–Crippen MR) is 77.3 cm³/mol. The molecule has 1 unspecified atom stereocenters. The van der Waals surface area contributed by atoms with Crippen LogP contribution in [0.25, 0.3) is 0 Å². The van der Waals surface area contributed by atoms with E-state index in [2.05, 4.69) is 0 Å². The maximum Gasteiger partial charge on any atom is 0.460 e. The molecular weight excluding hydrogens is 395 g/mol. The molecule has 1 atom stereocenters. The minimum Gasteiger partial charge on any atom is -0.494 e. The number of aliphatic hydroxyl groups excluding tert-OH is 1. The van der Waals surface area contributed by atoms with Crippen molar-refractivity contribution in [3.8, 4) is 5.75 Å². The largest absolute Gasteiger partial charge is 0.494 e. The lowest BCUT2D eigenvalue weighted by Crippen LogP contribution is -2.61. The van der Waals surface area contributed by atoms with Crippen molar-refractivity contribution in [2.24, 2.45) is 0 Å². The summed E-state index contributed by atoms with van der Waals surface area (Å²) in [5, 5.41) is 9.69. The lowest BCUT2D eigenvalue weighted by atomic mass is 9.95. The number of benzene rings is 1. The lowest BCUT2D eigenvalue weighted by Gasteiger charge is -2.34.